The molecular formula is C14H17ClN4O. The summed E-state index contributed by atoms with van der Waals surface area (Å²) in [5.74, 6) is 0.763. The quantitative estimate of drug-likeness (QED) is 0.671. The van der Waals surface area contributed by atoms with Crippen LogP contribution >= 0.6 is 11.6 Å². The molecule has 0 unspecified atom stereocenters. The maximum atomic E-state index is 7.51. The molecule has 0 atom stereocenters. The molecular weight excluding hydrogens is 276 g/mol. The highest BCUT2D eigenvalue weighted by atomic mass is 35.5. The highest BCUT2D eigenvalue weighted by Crippen LogP contribution is 2.24. The van der Waals surface area contributed by atoms with Crippen molar-refractivity contribution < 1.29 is 4.74 Å². The van der Waals surface area contributed by atoms with Crippen LogP contribution in [-0.2, 0) is 6.54 Å². The zero-order valence-corrected chi connectivity index (χ0v) is 12.5. The third-order valence-electron chi connectivity index (χ3n) is 3.20. The van der Waals surface area contributed by atoms with Gasteiger partial charge in [0.1, 0.15) is 11.6 Å². The fourth-order valence-corrected chi connectivity index (χ4v) is 2.20. The van der Waals surface area contributed by atoms with Crippen LogP contribution < -0.4 is 10.5 Å². The van der Waals surface area contributed by atoms with E-state index in [0.29, 0.717) is 17.1 Å². The Kier molecular flexibility index (Phi) is 3.99. The van der Waals surface area contributed by atoms with E-state index in [1.165, 1.54) is 0 Å². The number of nitrogens with zero attached hydrogens (tertiary/aromatic N) is 2. The summed E-state index contributed by atoms with van der Waals surface area (Å²) in [5, 5.41) is 12.6. The predicted octanol–water partition coefficient (Wildman–Crippen LogP) is 2.49. The number of ether oxygens (including phenoxy) is 1. The first kappa shape index (κ1) is 14.4. The van der Waals surface area contributed by atoms with E-state index in [2.05, 4.69) is 5.10 Å². The first-order valence-corrected chi connectivity index (χ1v) is 6.52. The number of nitrogens with two attached hydrogens (primary N) is 1. The summed E-state index contributed by atoms with van der Waals surface area (Å²) in [7, 11) is 1.61. The molecule has 106 valence electrons. The summed E-state index contributed by atoms with van der Waals surface area (Å²) < 4.78 is 7.16. The lowest BCUT2D eigenvalue weighted by Gasteiger charge is -2.11. The van der Waals surface area contributed by atoms with E-state index in [0.717, 1.165) is 22.7 Å². The smallest absolute Gasteiger partial charge is 0.123 e. The average Bonchev–Trinajstić information content (AvgIpc) is 2.66. The van der Waals surface area contributed by atoms with Crippen molar-refractivity contribution in [1.82, 2.24) is 9.78 Å². The Hall–Kier alpha value is -2.01. The van der Waals surface area contributed by atoms with Gasteiger partial charge in [0.15, 0.2) is 0 Å². The van der Waals surface area contributed by atoms with Crippen LogP contribution in [0.5, 0.6) is 5.75 Å². The van der Waals surface area contributed by atoms with Crippen LogP contribution in [0.25, 0.3) is 0 Å². The molecule has 0 aliphatic rings. The molecule has 0 radical (unpaired) electrons. The van der Waals surface area contributed by atoms with Crippen LogP contribution in [0.3, 0.4) is 0 Å². The first-order chi connectivity index (χ1) is 9.43. The maximum absolute atomic E-state index is 7.51. The van der Waals surface area contributed by atoms with Crippen LogP contribution in [0.2, 0.25) is 5.02 Å². The lowest BCUT2D eigenvalue weighted by Crippen LogP contribution is -2.13. The van der Waals surface area contributed by atoms with Crippen molar-refractivity contribution in [3.63, 3.8) is 0 Å². The number of aryl methyl sites for hydroxylation is 1. The lowest BCUT2D eigenvalue weighted by molar-refractivity contribution is 0.407. The van der Waals surface area contributed by atoms with E-state index in [1.54, 1.807) is 19.2 Å². The standard InChI is InChI=1S/C14H17ClN4O/c1-8-13(15)9(2)19(18-8)7-11-6-10(14(16)17)4-5-12(11)20-3/h4-6H,7H2,1-3H3,(H3,16,17). The molecule has 3 N–H and O–H groups in total. The van der Waals surface area contributed by atoms with Gasteiger partial charge in [-0.05, 0) is 32.0 Å². The predicted molar refractivity (Wildman–Crippen MR) is 79.8 cm³/mol. The Morgan fingerprint density at radius 1 is 1.45 bits per heavy atom. The van der Waals surface area contributed by atoms with Crippen LogP contribution in [-0.4, -0.2) is 22.7 Å². The maximum Gasteiger partial charge on any atom is 0.123 e. The van der Waals surface area contributed by atoms with Gasteiger partial charge < -0.3 is 10.5 Å². The fourth-order valence-electron chi connectivity index (χ4n) is 2.06. The van der Waals surface area contributed by atoms with Crippen molar-refractivity contribution in [3.8, 4) is 5.75 Å². The first-order valence-electron chi connectivity index (χ1n) is 6.15. The highest BCUT2D eigenvalue weighted by molar-refractivity contribution is 6.31. The summed E-state index contributed by atoms with van der Waals surface area (Å²) in [6.07, 6.45) is 0. The molecule has 0 amide bonds. The van der Waals surface area contributed by atoms with E-state index in [4.69, 9.17) is 27.5 Å². The molecule has 1 heterocycles. The second-order valence-corrected chi connectivity index (χ2v) is 4.96. The summed E-state index contributed by atoms with van der Waals surface area (Å²) in [4.78, 5) is 0. The highest BCUT2D eigenvalue weighted by Gasteiger charge is 2.12. The Labute approximate surface area is 122 Å². The monoisotopic (exact) mass is 292 g/mol. The zero-order valence-electron chi connectivity index (χ0n) is 11.7. The topological polar surface area (TPSA) is 76.9 Å². The minimum atomic E-state index is 0.0281. The molecule has 0 spiro atoms. The van der Waals surface area contributed by atoms with Gasteiger partial charge in [0.25, 0.3) is 0 Å². The summed E-state index contributed by atoms with van der Waals surface area (Å²) in [6.45, 7) is 4.31. The second kappa shape index (κ2) is 5.54. The van der Waals surface area contributed by atoms with Crippen LogP contribution in [0.15, 0.2) is 18.2 Å². The number of rotatable bonds is 4. The van der Waals surface area contributed by atoms with E-state index in [1.807, 2.05) is 24.6 Å². The van der Waals surface area contributed by atoms with Crippen molar-refractivity contribution >= 4 is 17.4 Å². The molecule has 2 rings (SSSR count). The summed E-state index contributed by atoms with van der Waals surface area (Å²) >= 11 is 6.15. The van der Waals surface area contributed by atoms with Gasteiger partial charge in [0.2, 0.25) is 0 Å². The molecule has 0 aliphatic carbocycles. The number of benzene rings is 1. The molecule has 0 fully saturated rings. The lowest BCUT2D eigenvalue weighted by atomic mass is 10.1. The molecule has 1 aromatic carbocycles. The number of amidine groups is 1. The van der Waals surface area contributed by atoms with E-state index in [9.17, 15) is 0 Å². The molecule has 20 heavy (non-hydrogen) atoms. The van der Waals surface area contributed by atoms with Crippen molar-refractivity contribution in [2.45, 2.75) is 20.4 Å². The van der Waals surface area contributed by atoms with Crippen LogP contribution in [0.1, 0.15) is 22.5 Å². The zero-order chi connectivity index (χ0) is 14.9. The average molecular weight is 293 g/mol. The van der Waals surface area contributed by atoms with Gasteiger partial charge in [-0.3, -0.25) is 10.1 Å². The number of nitrogens with one attached hydrogen (secondary N) is 1. The fraction of sp³-hybridized carbons (Fsp3) is 0.286. The van der Waals surface area contributed by atoms with E-state index < -0.39 is 0 Å². The molecule has 0 saturated carbocycles. The van der Waals surface area contributed by atoms with Crippen LogP contribution in [0, 0.1) is 19.3 Å². The Balaban J connectivity index is 2.43. The normalized spacial score (nSPS) is 10.6. The minimum absolute atomic E-state index is 0.0281. The van der Waals surface area contributed by atoms with Crippen molar-refractivity contribution in [2.24, 2.45) is 5.73 Å². The summed E-state index contributed by atoms with van der Waals surface area (Å²) in [5.41, 5.74) is 8.79. The van der Waals surface area contributed by atoms with E-state index in [-0.39, 0.29) is 5.84 Å². The largest absolute Gasteiger partial charge is 0.496 e. The summed E-state index contributed by atoms with van der Waals surface area (Å²) in [6, 6.07) is 5.41. The van der Waals surface area contributed by atoms with Crippen molar-refractivity contribution in [3.05, 3.63) is 45.7 Å². The Bertz CT molecular complexity index is 663. The molecule has 2 aromatic rings. The van der Waals surface area contributed by atoms with Crippen molar-refractivity contribution in [2.75, 3.05) is 7.11 Å². The van der Waals surface area contributed by atoms with Gasteiger partial charge >= 0.3 is 0 Å². The third-order valence-corrected chi connectivity index (χ3v) is 3.75. The molecule has 6 heteroatoms. The van der Waals surface area contributed by atoms with Gasteiger partial charge in [0, 0.05) is 11.1 Å². The van der Waals surface area contributed by atoms with Crippen LogP contribution in [0.4, 0.5) is 0 Å². The second-order valence-electron chi connectivity index (χ2n) is 4.58. The van der Waals surface area contributed by atoms with Crippen molar-refractivity contribution in [1.29, 1.82) is 5.41 Å². The minimum Gasteiger partial charge on any atom is -0.496 e. The van der Waals surface area contributed by atoms with Gasteiger partial charge in [-0.2, -0.15) is 5.10 Å². The molecule has 5 nitrogen and oxygen atoms in total. The third kappa shape index (κ3) is 2.63. The molecule has 1 aromatic heterocycles. The number of halogens is 1. The Morgan fingerprint density at radius 2 is 2.15 bits per heavy atom. The van der Waals surface area contributed by atoms with Gasteiger partial charge in [0.05, 0.1) is 30.1 Å². The van der Waals surface area contributed by atoms with Gasteiger partial charge in [-0.15, -0.1) is 0 Å². The Morgan fingerprint density at radius 3 is 2.65 bits per heavy atom. The molecule has 0 saturated heterocycles. The SMILES string of the molecule is COc1ccc(C(=N)N)cc1Cn1nc(C)c(Cl)c1C. The van der Waals surface area contributed by atoms with Gasteiger partial charge in [-0.25, -0.2) is 0 Å². The molecule has 0 aliphatic heterocycles. The number of hydrogen-bond donors (Lipinski definition) is 2. The number of methoxy groups -OCH3 is 1. The number of nitrogen functional groups attached to an aromatic ring is 1. The number of aromatic nitrogens is 2. The van der Waals surface area contributed by atoms with E-state index >= 15 is 0 Å². The number of hydrogen-bond acceptors (Lipinski definition) is 3. The molecule has 0 bridgehead atoms. The van der Waals surface area contributed by atoms with Gasteiger partial charge in [-0.1, -0.05) is 11.6 Å².